The van der Waals surface area contributed by atoms with Crippen molar-refractivity contribution in [2.75, 3.05) is 5.75 Å². The third kappa shape index (κ3) is 3.07. The maximum Gasteiger partial charge on any atom is 0.346 e. The molecule has 0 aliphatic rings. The summed E-state index contributed by atoms with van der Waals surface area (Å²) in [4.78, 5) is 28.0. The van der Waals surface area contributed by atoms with E-state index in [1.807, 2.05) is 0 Å². The molecule has 88 valence electrons. The summed E-state index contributed by atoms with van der Waals surface area (Å²) in [5.74, 6) is -0.856. The van der Waals surface area contributed by atoms with Gasteiger partial charge < -0.3 is 15.2 Å². The fourth-order valence-corrected chi connectivity index (χ4v) is 2.05. The molecule has 3 N–H and O–H groups in total. The molecule has 0 spiro atoms. The van der Waals surface area contributed by atoms with Gasteiger partial charge in [-0.05, 0) is 13.8 Å². The van der Waals surface area contributed by atoms with Gasteiger partial charge in [-0.3, -0.25) is 0 Å². The number of aromatic carboxylic acids is 1. The molecule has 1 rings (SSSR count). The Kier molecular flexibility index (Phi) is 4.08. The van der Waals surface area contributed by atoms with Crippen molar-refractivity contribution in [1.29, 1.82) is 0 Å². The van der Waals surface area contributed by atoms with Gasteiger partial charge in [0, 0.05) is 11.4 Å². The second-order valence-corrected chi connectivity index (χ2v) is 4.32. The highest BCUT2D eigenvalue weighted by Gasteiger charge is 2.17. The van der Waals surface area contributed by atoms with Crippen molar-refractivity contribution >= 4 is 17.7 Å². The molecule has 7 heteroatoms. The van der Waals surface area contributed by atoms with Crippen LogP contribution in [0.3, 0.4) is 0 Å². The number of rotatable bonds is 4. The zero-order valence-electron chi connectivity index (χ0n) is 8.85. The van der Waals surface area contributed by atoms with Crippen molar-refractivity contribution < 1.29 is 15.0 Å². The van der Waals surface area contributed by atoms with E-state index in [4.69, 9.17) is 10.2 Å². The van der Waals surface area contributed by atoms with E-state index < -0.39 is 17.8 Å². The number of hydrogen-bond donors (Lipinski definition) is 3. The quantitative estimate of drug-likeness (QED) is 0.518. The molecule has 1 unspecified atom stereocenters. The van der Waals surface area contributed by atoms with E-state index in [-0.39, 0.29) is 22.0 Å². The smallest absolute Gasteiger partial charge is 0.346 e. The predicted octanol–water partition coefficient (Wildman–Crippen LogP) is 0.249. The van der Waals surface area contributed by atoms with E-state index in [2.05, 4.69) is 9.97 Å². The highest BCUT2D eigenvalue weighted by molar-refractivity contribution is 7.99. The molecule has 0 saturated heterocycles. The number of carboxylic acid groups (broad SMARTS) is 1. The van der Waals surface area contributed by atoms with Crippen molar-refractivity contribution in [3.63, 3.8) is 0 Å². The molecule has 1 atom stereocenters. The molecule has 6 nitrogen and oxygen atoms in total. The van der Waals surface area contributed by atoms with Gasteiger partial charge in [0.2, 0.25) is 0 Å². The van der Waals surface area contributed by atoms with E-state index in [9.17, 15) is 9.59 Å². The molecule has 0 fully saturated rings. The fourth-order valence-electron chi connectivity index (χ4n) is 1.12. The van der Waals surface area contributed by atoms with Crippen molar-refractivity contribution in [2.24, 2.45) is 0 Å². The number of carbonyl (C=O) groups is 1. The Morgan fingerprint density at radius 3 is 2.75 bits per heavy atom. The van der Waals surface area contributed by atoms with Crippen LogP contribution in [0.1, 0.15) is 23.0 Å². The van der Waals surface area contributed by atoms with Gasteiger partial charge in [-0.15, -0.1) is 11.8 Å². The molecule has 0 radical (unpaired) electrons. The molecule has 0 bridgehead atoms. The fraction of sp³-hybridized carbons (Fsp3) is 0.444. The summed E-state index contributed by atoms with van der Waals surface area (Å²) in [6, 6.07) is 0. The van der Waals surface area contributed by atoms with Crippen molar-refractivity contribution in [1.82, 2.24) is 9.97 Å². The van der Waals surface area contributed by atoms with Crippen molar-refractivity contribution in [3.8, 4) is 0 Å². The number of nitrogens with zero attached hydrogens (tertiary/aromatic N) is 1. The Morgan fingerprint density at radius 2 is 2.25 bits per heavy atom. The van der Waals surface area contributed by atoms with Crippen molar-refractivity contribution in [2.45, 2.75) is 25.0 Å². The summed E-state index contributed by atoms with van der Waals surface area (Å²) >= 11 is 1.05. The number of aryl methyl sites for hydroxylation is 1. The lowest BCUT2D eigenvalue weighted by Crippen LogP contribution is -2.18. The van der Waals surface area contributed by atoms with E-state index in [1.54, 1.807) is 6.92 Å². The average Bonchev–Trinajstić information content (AvgIpc) is 2.12. The first-order valence-corrected chi connectivity index (χ1v) is 5.55. The van der Waals surface area contributed by atoms with Crippen LogP contribution in [0.15, 0.2) is 9.82 Å². The molecule has 0 aliphatic carbocycles. The third-order valence-electron chi connectivity index (χ3n) is 1.76. The van der Waals surface area contributed by atoms with Crippen LogP contribution >= 0.6 is 11.8 Å². The van der Waals surface area contributed by atoms with Gasteiger partial charge in [-0.2, -0.15) is 4.98 Å². The number of carboxylic acids is 1. The number of H-pyrrole nitrogens is 1. The Hall–Kier alpha value is -1.34. The Labute approximate surface area is 95.7 Å². The van der Waals surface area contributed by atoms with Gasteiger partial charge in [0.25, 0.3) is 0 Å². The minimum Gasteiger partial charge on any atom is -0.478 e. The largest absolute Gasteiger partial charge is 0.478 e. The maximum atomic E-state index is 11.1. The first-order chi connectivity index (χ1) is 7.41. The van der Waals surface area contributed by atoms with Crippen LogP contribution < -0.4 is 5.69 Å². The van der Waals surface area contributed by atoms with Gasteiger partial charge in [0.15, 0.2) is 0 Å². The van der Waals surface area contributed by atoms with Crippen LogP contribution in [-0.2, 0) is 0 Å². The maximum absolute atomic E-state index is 11.1. The minimum absolute atomic E-state index is 0.0229. The molecule has 0 saturated carbocycles. The van der Waals surface area contributed by atoms with Gasteiger partial charge in [0.05, 0.1) is 6.10 Å². The van der Waals surface area contributed by atoms with Crippen LogP contribution in [-0.4, -0.2) is 38.0 Å². The van der Waals surface area contributed by atoms with E-state index in [1.165, 1.54) is 6.92 Å². The second kappa shape index (κ2) is 5.13. The molecule has 1 aromatic heterocycles. The lowest BCUT2D eigenvalue weighted by atomic mass is 10.2. The standard InChI is InChI=1S/C9H12N2O4S/c1-4(12)3-16-7-6(8(13)14)5(2)10-9(15)11-7/h4,12H,3H2,1-2H3,(H,13,14)(H,10,11,15). The highest BCUT2D eigenvalue weighted by Crippen LogP contribution is 2.21. The van der Waals surface area contributed by atoms with Gasteiger partial charge in [-0.1, -0.05) is 0 Å². The van der Waals surface area contributed by atoms with Gasteiger partial charge in [-0.25, -0.2) is 9.59 Å². The first-order valence-electron chi connectivity index (χ1n) is 4.57. The van der Waals surface area contributed by atoms with Crippen LogP contribution in [0.4, 0.5) is 0 Å². The molecular formula is C9H12N2O4S. The monoisotopic (exact) mass is 244 g/mol. The SMILES string of the molecule is Cc1[nH]c(=O)nc(SCC(C)O)c1C(=O)O. The Bertz CT molecular complexity index is 455. The lowest BCUT2D eigenvalue weighted by Gasteiger charge is -2.07. The number of aromatic amines is 1. The number of nitrogens with one attached hydrogen (secondary N) is 1. The molecule has 1 heterocycles. The van der Waals surface area contributed by atoms with Crippen LogP contribution in [0.5, 0.6) is 0 Å². The predicted molar refractivity (Wildman–Crippen MR) is 59.0 cm³/mol. The Morgan fingerprint density at radius 1 is 1.62 bits per heavy atom. The Balaban J connectivity index is 3.14. The summed E-state index contributed by atoms with van der Waals surface area (Å²) in [6.07, 6.45) is -0.590. The summed E-state index contributed by atoms with van der Waals surface area (Å²) in [7, 11) is 0. The zero-order valence-corrected chi connectivity index (χ0v) is 9.67. The van der Waals surface area contributed by atoms with Crippen LogP contribution in [0.25, 0.3) is 0 Å². The first kappa shape index (κ1) is 12.7. The second-order valence-electron chi connectivity index (χ2n) is 3.31. The van der Waals surface area contributed by atoms with Crippen LogP contribution in [0, 0.1) is 6.92 Å². The van der Waals surface area contributed by atoms with Gasteiger partial charge >= 0.3 is 11.7 Å². The van der Waals surface area contributed by atoms with E-state index in [0.717, 1.165) is 11.8 Å². The third-order valence-corrected chi connectivity index (χ3v) is 2.98. The zero-order chi connectivity index (χ0) is 12.3. The number of thioether (sulfide) groups is 1. The molecule has 0 amide bonds. The highest BCUT2D eigenvalue weighted by atomic mass is 32.2. The number of hydrogen-bond acceptors (Lipinski definition) is 5. The van der Waals surface area contributed by atoms with E-state index in [0.29, 0.717) is 0 Å². The molecule has 0 aliphatic heterocycles. The van der Waals surface area contributed by atoms with Crippen LogP contribution in [0.2, 0.25) is 0 Å². The number of aliphatic hydroxyl groups excluding tert-OH is 1. The summed E-state index contributed by atoms with van der Waals surface area (Å²) in [5, 5.41) is 18.2. The topological polar surface area (TPSA) is 103 Å². The van der Waals surface area contributed by atoms with Crippen molar-refractivity contribution in [3.05, 3.63) is 21.7 Å². The molecule has 0 aromatic carbocycles. The lowest BCUT2D eigenvalue weighted by molar-refractivity contribution is 0.0690. The van der Waals surface area contributed by atoms with E-state index >= 15 is 0 Å². The molecule has 1 aromatic rings. The molecule has 16 heavy (non-hydrogen) atoms. The normalized spacial score (nSPS) is 12.4. The molecular weight excluding hydrogens is 232 g/mol. The number of aromatic nitrogens is 2. The number of aliphatic hydroxyl groups is 1. The summed E-state index contributed by atoms with van der Waals surface area (Å²) < 4.78 is 0. The average molecular weight is 244 g/mol. The summed E-state index contributed by atoms with van der Waals surface area (Å²) in [5.41, 5.74) is -0.346. The minimum atomic E-state index is -1.14. The van der Waals surface area contributed by atoms with Gasteiger partial charge in [0.1, 0.15) is 10.6 Å². The summed E-state index contributed by atoms with van der Waals surface area (Å²) in [6.45, 7) is 3.08.